The summed E-state index contributed by atoms with van der Waals surface area (Å²) in [6.07, 6.45) is -4.70. The van der Waals surface area contributed by atoms with Gasteiger partial charge in [0, 0.05) is 11.6 Å². The maximum atomic E-state index is 14.0. The number of hydrogen-bond donors (Lipinski definition) is 2. The number of anilines is 1. The highest BCUT2D eigenvalue weighted by atomic mass is 35.5. The van der Waals surface area contributed by atoms with E-state index in [2.05, 4.69) is 9.97 Å². The molecule has 1 aromatic heterocycles. The number of halogens is 6. The van der Waals surface area contributed by atoms with Gasteiger partial charge >= 0.3 is 12.1 Å². The van der Waals surface area contributed by atoms with Gasteiger partial charge in [0.05, 0.1) is 5.56 Å². The minimum Gasteiger partial charge on any atom is -0.475 e. The molecule has 2 N–H and O–H groups in total. The zero-order valence-electron chi connectivity index (χ0n) is 12.3. The van der Waals surface area contributed by atoms with Crippen molar-refractivity contribution in [2.75, 3.05) is 5.32 Å². The normalized spacial score (nSPS) is 12.8. The molecule has 0 bridgehead atoms. The number of aromatic carboxylic acids is 1. The Morgan fingerprint density at radius 2 is 1.92 bits per heavy atom. The highest BCUT2D eigenvalue weighted by Gasteiger charge is 2.37. The fraction of sp³-hybridized carbons (Fsp3) is 0.214. The predicted octanol–water partition coefficient (Wildman–Crippen LogP) is 4.14. The molecular weight excluding hydrogens is 373 g/mol. The van der Waals surface area contributed by atoms with E-state index in [4.69, 9.17) is 16.7 Å². The van der Waals surface area contributed by atoms with Crippen LogP contribution in [0.2, 0.25) is 5.15 Å². The van der Waals surface area contributed by atoms with E-state index in [0.29, 0.717) is 6.07 Å². The van der Waals surface area contributed by atoms with Crippen molar-refractivity contribution < 1.29 is 31.9 Å². The number of alkyl halides is 3. The molecule has 1 aromatic carbocycles. The summed E-state index contributed by atoms with van der Waals surface area (Å²) >= 11 is 5.83. The van der Waals surface area contributed by atoms with Gasteiger partial charge in [0.25, 0.3) is 0 Å². The molecule has 0 aliphatic carbocycles. The molecule has 2 aromatic rings. The van der Waals surface area contributed by atoms with Crippen molar-refractivity contribution in [1.29, 1.82) is 0 Å². The van der Waals surface area contributed by atoms with Gasteiger partial charge in [-0.25, -0.2) is 23.5 Å². The number of aromatic nitrogens is 2. The van der Waals surface area contributed by atoms with Crippen molar-refractivity contribution in [2.24, 2.45) is 0 Å². The van der Waals surface area contributed by atoms with Gasteiger partial charge in [0.2, 0.25) is 5.82 Å². The SMILES string of the molecule is C[C@H](Nc1nc(C(=O)O)nc(Cl)c1-c1ccc(F)cc1F)C(F)(F)F. The van der Waals surface area contributed by atoms with E-state index in [1.165, 1.54) is 0 Å². The van der Waals surface area contributed by atoms with Gasteiger partial charge in [0.15, 0.2) is 0 Å². The molecule has 0 unspecified atom stereocenters. The van der Waals surface area contributed by atoms with Crippen molar-refractivity contribution in [3.63, 3.8) is 0 Å². The van der Waals surface area contributed by atoms with E-state index in [0.717, 1.165) is 19.1 Å². The molecule has 11 heteroatoms. The lowest BCUT2D eigenvalue weighted by Crippen LogP contribution is -2.34. The Morgan fingerprint density at radius 3 is 2.44 bits per heavy atom. The van der Waals surface area contributed by atoms with Crippen molar-refractivity contribution >= 4 is 23.4 Å². The molecule has 0 radical (unpaired) electrons. The zero-order chi connectivity index (χ0) is 18.9. The molecule has 2 rings (SSSR count). The van der Waals surface area contributed by atoms with E-state index in [1.54, 1.807) is 0 Å². The predicted molar refractivity (Wildman–Crippen MR) is 78.5 cm³/mol. The molecule has 5 nitrogen and oxygen atoms in total. The zero-order valence-corrected chi connectivity index (χ0v) is 13.1. The molecular formula is C14H9ClF5N3O2. The van der Waals surface area contributed by atoms with E-state index in [1.807, 2.05) is 5.32 Å². The highest BCUT2D eigenvalue weighted by Crippen LogP contribution is 2.36. The summed E-state index contributed by atoms with van der Waals surface area (Å²) in [5.74, 6) is -5.22. The summed E-state index contributed by atoms with van der Waals surface area (Å²) in [6.45, 7) is 0.751. The van der Waals surface area contributed by atoms with Crippen molar-refractivity contribution in [3.8, 4) is 11.1 Å². The third-order valence-electron chi connectivity index (χ3n) is 3.10. The lowest BCUT2D eigenvalue weighted by Gasteiger charge is -2.20. The number of nitrogens with one attached hydrogen (secondary N) is 1. The lowest BCUT2D eigenvalue weighted by molar-refractivity contribution is -0.138. The van der Waals surface area contributed by atoms with Crippen LogP contribution < -0.4 is 5.32 Å². The summed E-state index contributed by atoms with van der Waals surface area (Å²) in [5, 5.41) is 10.3. The van der Waals surface area contributed by atoms with Gasteiger partial charge in [-0.3, -0.25) is 0 Å². The number of benzene rings is 1. The van der Waals surface area contributed by atoms with Crippen LogP contribution in [-0.4, -0.2) is 33.3 Å². The average Bonchev–Trinajstić information content (AvgIpc) is 2.47. The van der Waals surface area contributed by atoms with Crippen LogP contribution >= 0.6 is 11.6 Å². The molecule has 0 saturated heterocycles. The van der Waals surface area contributed by atoms with Gasteiger partial charge < -0.3 is 10.4 Å². The molecule has 1 atom stereocenters. The van der Waals surface area contributed by atoms with E-state index in [-0.39, 0.29) is 5.56 Å². The second kappa shape index (κ2) is 6.79. The third kappa shape index (κ3) is 4.13. The summed E-state index contributed by atoms with van der Waals surface area (Å²) in [7, 11) is 0. The first-order valence-electron chi connectivity index (χ1n) is 6.60. The molecule has 0 aliphatic rings. The Labute approximate surface area is 142 Å². The Bertz CT molecular complexity index is 829. The first-order valence-corrected chi connectivity index (χ1v) is 6.98. The monoisotopic (exact) mass is 381 g/mol. The highest BCUT2D eigenvalue weighted by molar-refractivity contribution is 6.32. The second-order valence-electron chi connectivity index (χ2n) is 4.90. The molecule has 25 heavy (non-hydrogen) atoms. The Kier molecular flexibility index (Phi) is 5.12. The number of carboxylic acid groups (broad SMARTS) is 1. The van der Waals surface area contributed by atoms with Crippen LogP contribution in [0.1, 0.15) is 17.5 Å². The van der Waals surface area contributed by atoms with E-state index < -0.39 is 52.2 Å². The topological polar surface area (TPSA) is 75.1 Å². The number of hydrogen-bond acceptors (Lipinski definition) is 4. The summed E-state index contributed by atoms with van der Waals surface area (Å²) in [4.78, 5) is 17.9. The first-order chi connectivity index (χ1) is 11.5. The molecule has 0 fully saturated rings. The largest absolute Gasteiger partial charge is 0.475 e. The number of carboxylic acids is 1. The average molecular weight is 382 g/mol. The summed E-state index contributed by atoms with van der Waals surface area (Å²) in [5.41, 5.74) is -0.805. The van der Waals surface area contributed by atoms with Crippen LogP contribution in [-0.2, 0) is 0 Å². The molecule has 1 heterocycles. The van der Waals surface area contributed by atoms with Crippen molar-refractivity contribution in [1.82, 2.24) is 9.97 Å². The minimum absolute atomic E-state index is 0.389. The van der Waals surface area contributed by atoms with Gasteiger partial charge in [-0.15, -0.1) is 0 Å². The van der Waals surface area contributed by atoms with Crippen LogP contribution in [0.5, 0.6) is 0 Å². The Morgan fingerprint density at radius 1 is 1.28 bits per heavy atom. The van der Waals surface area contributed by atoms with Crippen LogP contribution in [0.4, 0.5) is 27.8 Å². The van der Waals surface area contributed by atoms with Crippen LogP contribution in [0.3, 0.4) is 0 Å². The third-order valence-corrected chi connectivity index (χ3v) is 3.37. The maximum Gasteiger partial charge on any atom is 0.408 e. The van der Waals surface area contributed by atoms with Gasteiger partial charge in [-0.2, -0.15) is 13.2 Å². The Balaban J connectivity index is 2.67. The van der Waals surface area contributed by atoms with Gasteiger partial charge in [0.1, 0.15) is 28.6 Å². The van der Waals surface area contributed by atoms with E-state index in [9.17, 15) is 26.7 Å². The van der Waals surface area contributed by atoms with Gasteiger partial charge in [-0.1, -0.05) is 11.6 Å². The van der Waals surface area contributed by atoms with Crippen LogP contribution in [0.15, 0.2) is 18.2 Å². The Hall–Kier alpha value is -2.49. The maximum absolute atomic E-state index is 14.0. The standard InChI is InChI=1S/C14H9ClF5N3O2/c1-5(14(18,19)20)21-11-9(7-3-2-6(16)4-8(7)17)10(15)22-12(23-11)13(24)25/h2-5H,1H3,(H,24,25)(H,21,22,23)/t5-/m0/s1. The number of rotatable bonds is 4. The second-order valence-corrected chi connectivity index (χ2v) is 5.26. The quantitative estimate of drug-likeness (QED) is 0.615. The molecule has 0 aliphatic heterocycles. The van der Waals surface area contributed by atoms with Crippen molar-refractivity contribution in [3.05, 3.63) is 40.8 Å². The smallest absolute Gasteiger partial charge is 0.408 e. The molecule has 134 valence electrons. The summed E-state index contributed by atoms with van der Waals surface area (Å²) < 4.78 is 65.4. The molecule has 0 amide bonds. The first kappa shape index (κ1) is 18.8. The van der Waals surface area contributed by atoms with Gasteiger partial charge in [-0.05, 0) is 19.1 Å². The molecule has 0 spiro atoms. The number of nitrogens with zero attached hydrogens (tertiary/aromatic N) is 2. The van der Waals surface area contributed by atoms with Crippen molar-refractivity contribution in [2.45, 2.75) is 19.1 Å². The van der Waals surface area contributed by atoms with Crippen LogP contribution in [0.25, 0.3) is 11.1 Å². The fourth-order valence-electron chi connectivity index (χ4n) is 1.85. The molecule has 0 saturated carbocycles. The fourth-order valence-corrected chi connectivity index (χ4v) is 2.12. The minimum atomic E-state index is -4.70. The van der Waals surface area contributed by atoms with Crippen LogP contribution in [0, 0.1) is 11.6 Å². The lowest BCUT2D eigenvalue weighted by atomic mass is 10.1. The number of carbonyl (C=O) groups is 1. The van der Waals surface area contributed by atoms with E-state index >= 15 is 0 Å². The summed E-state index contributed by atoms with van der Waals surface area (Å²) in [6, 6.07) is 0.131.